The Hall–Kier alpha value is -2.69. The molecule has 4 atom stereocenters. The van der Waals surface area contributed by atoms with Crippen molar-refractivity contribution in [2.24, 2.45) is 17.4 Å². The van der Waals surface area contributed by atoms with E-state index >= 15 is 0 Å². The van der Waals surface area contributed by atoms with Gasteiger partial charge < -0.3 is 32.1 Å². The molecule has 1 heterocycles. The van der Waals surface area contributed by atoms with Gasteiger partial charge in [-0.2, -0.15) is 0 Å². The quantitative estimate of drug-likeness (QED) is 0.282. The Morgan fingerprint density at radius 2 is 1.76 bits per heavy atom. The molecule has 29 heavy (non-hydrogen) atoms. The molecule has 4 amide bonds. The molecule has 0 radical (unpaired) electrons. The minimum Gasteiger partial charge on any atom is -0.480 e. The topological polar surface area (TPSA) is 185 Å². The zero-order valence-corrected chi connectivity index (χ0v) is 17.0. The Bertz CT molecular complexity index is 653. The highest BCUT2D eigenvalue weighted by Gasteiger charge is 2.37. The van der Waals surface area contributed by atoms with Crippen molar-refractivity contribution in [3.05, 3.63) is 0 Å². The smallest absolute Gasteiger partial charge is 0.326 e. The van der Waals surface area contributed by atoms with Crippen molar-refractivity contribution in [2.45, 2.75) is 70.6 Å². The van der Waals surface area contributed by atoms with Crippen molar-refractivity contribution in [2.75, 3.05) is 6.54 Å². The number of nitrogens with two attached hydrogens (primary N) is 2. The van der Waals surface area contributed by atoms with Crippen molar-refractivity contribution in [3.63, 3.8) is 0 Å². The number of hydrogen-bond acceptors (Lipinski definition) is 6. The highest BCUT2D eigenvalue weighted by atomic mass is 16.4. The predicted molar refractivity (Wildman–Crippen MR) is 103 cm³/mol. The van der Waals surface area contributed by atoms with E-state index in [9.17, 15) is 24.0 Å². The zero-order chi connectivity index (χ0) is 22.3. The third-order valence-electron chi connectivity index (χ3n) is 4.65. The van der Waals surface area contributed by atoms with E-state index in [0.29, 0.717) is 25.8 Å². The standard InChI is InChI=1S/C18H31N5O6/c1-9(2)7-11(19)17(27)23-6-4-5-13(23)16(26)21-10(3)15(25)22-12(18(28)29)8-14(20)24/h9-13H,4-8,19H2,1-3H3,(H2,20,24)(H,21,26)(H,22,25)(H,28,29). The molecule has 1 aliphatic rings. The van der Waals surface area contributed by atoms with Gasteiger partial charge in [0, 0.05) is 6.54 Å². The van der Waals surface area contributed by atoms with Crippen molar-refractivity contribution < 1.29 is 29.1 Å². The first-order chi connectivity index (χ1) is 13.4. The molecule has 0 aromatic rings. The van der Waals surface area contributed by atoms with Gasteiger partial charge in [-0.05, 0) is 32.1 Å². The number of carboxylic acid groups (broad SMARTS) is 1. The molecule has 0 spiro atoms. The summed E-state index contributed by atoms with van der Waals surface area (Å²) in [5, 5.41) is 13.7. The van der Waals surface area contributed by atoms with E-state index in [-0.39, 0.29) is 11.8 Å². The number of hydrogen-bond donors (Lipinski definition) is 5. The molecule has 1 saturated heterocycles. The molecule has 1 fully saturated rings. The summed E-state index contributed by atoms with van der Waals surface area (Å²) in [5.74, 6) is -3.66. The van der Waals surface area contributed by atoms with Crippen LogP contribution in [0.15, 0.2) is 0 Å². The van der Waals surface area contributed by atoms with E-state index in [1.165, 1.54) is 11.8 Å². The van der Waals surface area contributed by atoms with Gasteiger partial charge in [-0.1, -0.05) is 13.8 Å². The van der Waals surface area contributed by atoms with Gasteiger partial charge in [-0.25, -0.2) is 4.79 Å². The van der Waals surface area contributed by atoms with E-state index in [0.717, 1.165) is 0 Å². The van der Waals surface area contributed by atoms with Crippen molar-refractivity contribution in [3.8, 4) is 0 Å². The number of likely N-dealkylation sites (tertiary alicyclic amines) is 1. The summed E-state index contributed by atoms with van der Waals surface area (Å²) in [6.45, 7) is 5.68. The third kappa shape index (κ3) is 7.33. The van der Waals surface area contributed by atoms with E-state index in [4.69, 9.17) is 16.6 Å². The number of nitrogens with one attached hydrogen (secondary N) is 2. The fourth-order valence-corrected chi connectivity index (χ4v) is 3.20. The van der Waals surface area contributed by atoms with Gasteiger partial charge in [0.1, 0.15) is 18.1 Å². The normalized spacial score (nSPS) is 19.3. The van der Waals surface area contributed by atoms with Crippen LogP contribution >= 0.6 is 0 Å². The van der Waals surface area contributed by atoms with E-state index < -0.39 is 54.3 Å². The zero-order valence-electron chi connectivity index (χ0n) is 17.0. The summed E-state index contributed by atoms with van der Waals surface area (Å²) >= 11 is 0. The minimum absolute atomic E-state index is 0.232. The molecule has 1 rings (SSSR count). The molecule has 11 nitrogen and oxygen atoms in total. The number of carboxylic acids is 1. The summed E-state index contributed by atoms with van der Waals surface area (Å²) in [4.78, 5) is 60.8. The molecule has 4 unspecified atom stereocenters. The Morgan fingerprint density at radius 1 is 1.14 bits per heavy atom. The average molecular weight is 413 g/mol. The molecule has 0 aliphatic carbocycles. The summed E-state index contributed by atoms with van der Waals surface area (Å²) in [6.07, 6.45) is 1.01. The molecule has 11 heteroatoms. The second kappa shape index (κ2) is 10.7. The molecule has 0 bridgehead atoms. The van der Waals surface area contributed by atoms with Crippen LogP contribution in [0, 0.1) is 5.92 Å². The fourth-order valence-electron chi connectivity index (χ4n) is 3.20. The van der Waals surface area contributed by atoms with Crippen LogP contribution in [0.3, 0.4) is 0 Å². The number of nitrogens with zero attached hydrogens (tertiary/aromatic N) is 1. The van der Waals surface area contributed by atoms with Gasteiger partial charge >= 0.3 is 5.97 Å². The van der Waals surface area contributed by atoms with Crippen molar-refractivity contribution in [1.82, 2.24) is 15.5 Å². The van der Waals surface area contributed by atoms with Gasteiger partial charge in [0.15, 0.2) is 0 Å². The van der Waals surface area contributed by atoms with Crippen LogP contribution in [0.4, 0.5) is 0 Å². The average Bonchev–Trinajstić information content (AvgIpc) is 3.08. The number of amides is 4. The SMILES string of the molecule is CC(C)CC(N)C(=O)N1CCCC1C(=O)NC(C)C(=O)NC(CC(N)=O)C(=O)O. The molecule has 164 valence electrons. The van der Waals surface area contributed by atoms with E-state index in [1.54, 1.807) is 0 Å². The van der Waals surface area contributed by atoms with Crippen LogP contribution < -0.4 is 22.1 Å². The van der Waals surface area contributed by atoms with Crippen LogP contribution in [0.2, 0.25) is 0 Å². The maximum absolute atomic E-state index is 12.6. The van der Waals surface area contributed by atoms with Gasteiger partial charge in [-0.15, -0.1) is 0 Å². The second-order valence-corrected chi connectivity index (χ2v) is 7.73. The monoisotopic (exact) mass is 413 g/mol. The number of primary amides is 1. The lowest BCUT2D eigenvalue weighted by atomic mass is 10.0. The van der Waals surface area contributed by atoms with Crippen molar-refractivity contribution in [1.29, 1.82) is 0 Å². The number of carbonyl (C=O) groups is 5. The van der Waals surface area contributed by atoms with E-state index in [2.05, 4.69) is 10.6 Å². The molecular weight excluding hydrogens is 382 g/mol. The molecule has 7 N–H and O–H groups in total. The Morgan fingerprint density at radius 3 is 2.28 bits per heavy atom. The lowest BCUT2D eigenvalue weighted by molar-refractivity contribution is -0.144. The van der Waals surface area contributed by atoms with Crippen LogP contribution in [-0.4, -0.2) is 70.3 Å². The second-order valence-electron chi connectivity index (χ2n) is 7.73. The number of aliphatic carboxylic acids is 1. The molecule has 0 aromatic carbocycles. The Balaban J connectivity index is 2.70. The Kier molecular flexibility index (Phi) is 9.02. The van der Waals surface area contributed by atoms with Gasteiger partial charge in [0.2, 0.25) is 23.6 Å². The van der Waals surface area contributed by atoms with E-state index in [1.807, 2.05) is 13.8 Å². The molecule has 0 aromatic heterocycles. The maximum Gasteiger partial charge on any atom is 0.326 e. The highest BCUT2D eigenvalue weighted by molar-refractivity contribution is 5.94. The summed E-state index contributed by atoms with van der Waals surface area (Å²) < 4.78 is 0. The predicted octanol–water partition coefficient (Wildman–Crippen LogP) is -1.70. The highest BCUT2D eigenvalue weighted by Crippen LogP contribution is 2.20. The summed E-state index contributed by atoms with van der Waals surface area (Å²) in [7, 11) is 0. The van der Waals surface area contributed by atoms with Gasteiger partial charge in [0.25, 0.3) is 0 Å². The fraction of sp³-hybridized carbons (Fsp3) is 0.722. The van der Waals surface area contributed by atoms with Gasteiger partial charge in [-0.3, -0.25) is 19.2 Å². The first-order valence-electron chi connectivity index (χ1n) is 9.61. The van der Waals surface area contributed by atoms with Crippen LogP contribution in [0.5, 0.6) is 0 Å². The molecular formula is C18H31N5O6. The van der Waals surface area contributed by atoms with Crippen LogP contribution in [0.25, 0.3) is 0 Å². The Labute approximate surface area is 169 Å². The number of carbonyl (C=O) groups excluding carboxylic acids is 4. The number of rotatable bonds is 10. The minimum atomic E-state index is -1.49. The lowest BCUT2D eigenvalue weighted by Crippen LogP contribution is -2.56. The first-order valence-corrected chi connectivity index (χ1v) is 9.61. The first kappa shape index (κ1) is 24.3. The summed E-state index contributed by atoms with van der Waals surface area (Å²) in [5.41, 5.74) is 10.9. The molecule has 1 aliphatic heterocycles. The third-order valence-corrected chi connectivity index (χ3v) is 4.65. The molecule has 0 saturated carbocycles. The maximum atomic E-state index is 12.6. The van der Waals surface area contributed by atoms with Crippen LogP contribution in [0.1, 0.15) is 46.5 Å². The largest absolute Gasteiger partial charge is 0.480 e. The van der Waals surface area contributed by atoms with Crippen molar-refractivity contribution >= 4 is 29.6 Å². The lowest BCUT2D eigenvalue weighted by Gasteiger charge is -2.28. The van der Waals surface area contributed by atoms with Crippen LogP contribution in [-0.2, 0) is 24.0 Å². The summed E-state index contributed by atoms with van der Waals surface area (Å²) in [6, 6.07) is -4.00. The van der Waals surface area contributed by atoms with Gasteiger partial charge in [0.05, 0.1) is 12.5 Å².